The van der Waals surface area contributed by atoms with E-state index in [0.717, 1.165) is 39.8 Å². The summed E-state index contributed by atoms with van der Waals surface area (Å²) < 4.78 is 0.983. The molecule has 2 aromatic rings. The Labute approximate surface area is 137 Å². The van der Waals surface area contributed by atoms with Crippen LogP contribution in [0.25, 0.3) is 11.6 Å². The molecule has 4 heteroatoms. The molecule has 22 heavy (non-hydrogen) atoms. The zero-order valence-electron chi connectivity index (χ0n) is 12.4. The van der Waals surface area contributed by atoms with Crippen LogP contribution in [0.5, 0.6) is 0 Å². The zero-order chi connectivity index (χ0) is 15.3. The smallest absolute Gasteiger partial charge is 0.256 e. The first-order chi connectivity index (χ1) is 10.6. The van der Waals surface area contributed by atoms with Gasteiger partial charge >= 0.3 is 0 Å². The Hall–Kier alpha value is -1.81. The number of aromatic nitrogens is 1. The predicted octanol–water partition coefficient (Wildman–Crippen LogP) is 4.46. The van der Waals surface area contributed by atoms with Gasteiger partial charge in [-0.3, -0.25) is 4.79 Å². The predicted molar refractivity (Wildman–Crippen MR) is 92.8 cm³/mol. The molecule has 2 N–H and O–H groups in total. The number of benzene rings is 1. The molecule has 1 aliphatic heterocycles. The molecule has 1 aromatic carbocycles. The number of aryl methyl sites for hydroxylation is 1. The van der Waals surface area contributed by atoms with Crippen LogP contribution in [-0.2, 0) is 17.6 Å². The zero-order valence-corrected chi connectivity index (χ0v) is 14.0. The molecule has 0 saturated carbocycles. The highest BCUT2D eigenvalue weighted by Crippen LogP contribution is 2.36. The van der Waals surface area contributed by atoms with Gasteiger partial charge in [0.2, 0.25) is 0 Å². The van der Waals surface area contributed by atoms with Gasteiger partial charge in [0.25, 0.3) is 5.91 Å². The Balaban J connectivity index is 1.83. The van der Waals surface area contributed by atoms with Gasteiger partial charge in [-0.1, -0.05) is 15.9 Å². The average molecular weight is 357 g/mol. The number of fused-ring (bicyclic) bond motifs is 2. The molecule has 0 fully saturated rings. The minimum Gasteiger partial charge on any atom is -0.358 e. The van der Waals surface area contributed by atoms with Gasteiger partial charge in [-0.25, -0.2) is 0 Å². The second-order valence-electron chi connectivity index (χ2n) is 6.03. The average Bonchev–Trinajstić information content (AvgIpc) is 2.99. The van der Waals surface area contributed by atoms with Crippen LogP contribution in [-0.4, -0.2) is 10.9 Å². The summed E-state index contributed by atoms with van der Waals surface area (Å²) in [6.45, 7) is 2.15. The highest BCUT2D eigenvalue weighted by Gasteiger charge is 2.25. The minimum atomic E-state index is -0.0277. The summed E-state index contributed by atoms with van der Waals surface area (Å²) in [4.78, 5) is 15.8. The van der Waals surface area contributed by atoms with E-state index < -0.39 is 0 Å². The SMILES string of the molecule is Cc1c(C=C2C(=O)Nc3ccc(Br)cc32)[nH]c2c1CCCC2. The molecular weight excluding hydrogens is 340 g/mol. The summed E-state index contributed by atoms with van der Waals surface area (Å²) in [5, 5.41) is 2.93. The first-order valence-electron chi connectivity index (χ1n) is 7.67. The van der Waals surface area contributed by atoms with Gasteiger partial charge in [-0.05, 0) is 68.0 Å². The summed E-state index contributed by atoms with van der Waals surface area (Å²) in [5.41, 5.74) is 7.75. The van der Waals surface area contributed by atoms with E-state index >= 15 is 0 Å². The third-order valence-electron chi connectivity index (χ3n) is 4.66. The summed E-state index contributed by atoms with van der Waals surface area (Å²) in [6.07, 6.45) is 6.78. The molecule has 0 spiro atoms. The number of hydrogen-bond donors (Lipinski definition) is 2. The van der Waals surface area contributed by atoms with Crippen molar-refractivity contribution >= 4 is 39.2 Å². The second kappa shape index (κ2) is 5.13. The molecule has 112 valence electrons. The summed E-state index contributed by atoms with van der Waals surface area (Å²) in [6, 6.07) is 5.88. The molecule has 1 amide bonds. The van der Waals surface area contributed by atoms with Crippen LogP contribution in [0.3, 0.4) is 0 Å². The van der Waals surface area contributed by atoms with Crippen LogP contribution in [0.1, 0.15) is 40.9 Å². The van der Waals surface area contributed by atoms with Gasteiger partial charge in [0.05, 0.1) is 5.57 Å². The van der Waals surface area contributed by atoms with Gasteiger partial charge in [0, 0.05) is 27.1 Å². The molecule has 2 aliphatic rings. The van der Waals surface area contributed by atoms with Crippen molar-refractivity contribution in [3.05, 3.63) is 50.8 Å². The van der Waals surface area contributed by atoms with Crippen molar-refractivity contribution in [2.24, 2.45) is 0 Å². The van der Waals surface area contributed by atoms with E-state index in [0.29, 0.717) is 0 Å². The van der Waals surface area contributed by atoms with Gasteiger partial charge in [0.15, 0.2) is 0 Å². The van der Waals surface area contributed by atoms with E-state index in [1.165, 1.54) is 29.7 Å². The number of anilines is 1. The molecule has 1 aliphatic carbocycles. The molecule has 0 bridgehead atoms. The van der Waals surface area contributed by atoms with Gasteiger partial charge in [-0.2, -0.15) is 0 Å². The summed E-state index contributed by atoms with van der Waals surface area (Å²) in [7, 11) is 0. The molecule has 1 aromatic heterocycles. The third-order valence-corrected chi connectivity index (χ3v) is 5.16. The van der Waals surface area contributed by atoms with Crippen LogP contribution in [0, 0.1) is 6.92 Å². The first-order valence-corrected chi connectivity index (χ1v) is 8.46. The van der Waals surface area contributed by atoms with Gasteiger partial charge < -0.3 is 10.3 Å². The number of nitrogens with one attached hydrogen (secondary N) is 2. The lowest BCUT2D eigenvalue weighted by molar-refractivity contribution is -0.110. The van der Waals surface area contributed by atoms with Crippen molar-refractivity contribution in [2.45, 2.75) is 32.6 Å². The second-order valence-corrected chi connectivity index (χ2v) is 6.95. The van der Waals surface area contributed by atoms with Crippen LogP contribution in [0.2, 0.25) is 0 Å². The Morgan fingerprint density at radius 2 is 2.05 bits per heavy atom. The highest BCUT2D eigenvalue weighted by atomic mass is 79.9. The largest absolute Gasteiger partial charge is 0.358 e. The molecule has 0 unspecified atom stereocenters. The lowest BCUT2D eigenvalue weighted by atomic mass is 9.95. The third kappa shape index (κ3) is 2.13. The van der Waals surface area contributed by atoms with E-state index in [4.69, 9.17) is 0 Å². The minimum absolute atomic E-state index is 0.0277. The fourth-order valence-electron chi connectivity index (χ4n) is 3.47. The van der Waals surface area contributed by atoms with E-state index in [1.807, 2.05) is 24.3 Å². The van der Waals surface area contributed by atoms with E-state index in [1.54, 1.807) is 0 Å². The fraction of sp³-hybridized carbons (Fsp3) is 0.278. The molecule has 0 saturated heterocycles. The number of carbonyl (C=O) groups excluding carboxylic acids is 1. The highest BCUT2D eigenvalue weighted by molar-refractivity contribution is 9.10. The number of rotatable bonds is 1. The topological polar surface area (TPSA) is 44.9 Å². The number of carbonyl (C=O) groups is 1. The van der Waals surface area contributed by atoms with Crippen molar-refractivity contribution < 1.29 is 4.79 Å². The van der Waals surface area contributed by atoms with Gasteiger partial charge in [0.1, 0.15) is 0 Å². The van der Waals surface area contributed by atoms with Crippen molar-refractivity contribution in [3.63, 3.8) is 0 Å². The molecule has 3 nitrogen and oxygen atoms in total. The maximum atomic E-state index is 12.3. The lowest BCUT2D eigenvalue weighted by Gasteiger charge is -2.10. The van der Waals surface area contributed by atoms with Crippen LogP contribution < -0.4 is 5.32 Å². The lowest BCUT2D eigenvalue weighted by Crippen LogP contribution is -2.03. The van der Waals surface area contributed by atoms with Crippen molar-refractivity contribution in [2.75, 3.05) is 5.32 Å². The maximum Gasteiger partial charge on any atom is 0.256 e. The van der Waals surface area contributed by atoms with Crippen LogP contribution >= 0.6 is 15.9 Å². The maximum absolute atomic E-state index is 12.3. The fourth-order valence-corrected chi connectivity index (χ4v) is 3.83. The first kappa shape index (κ1) is 13.8. The monoisotopic (exact) mass is 356 g/mol. The molecule has 0 radical (unpaired) electrons. The summed E-state index contributed by atoms with van der Waals surface area (Å²) >= 11 is 3.48. The van der Waals surface area contributed by atoms with Crippen molar-refractivity contribution in [1.82, 2.24) is 4.98 Å². The summed E-state index contributed by atoms with van der Waals surface area (Å²) in [5.74, 6) is -0.0277. The normalized spacial score (nSPS) is 18.3. The Kier molecular flexibility index (Phi) is 3.22. The van der Waals surface area contributed by atoms with E-state index in [-0.39, 0.29) is 5.91 Å². The Morgan fingerprint density at radius 3 is 2.86 bits per heavy atom. The van der Waals surface area contributed by atoms with E-state index in [2.05, 4.69) is 33.2 Å². The van der Waals surface area contributed by atoms with Crippen molar-refractivity contribution in [1.29, 1.82) is 0 Å². The number of H-pyrrole nitrogens is 1. The molecular formula is C18H17BrN2O. The van der Waals surface area contributed by atoms with Crippen LogP contribution in [0.4, 0.5) is 5.69 Å². The van der Waals surface area contributed by atoms with Gasteiger partial charge in [-0.15, -0.1) is 0 Å². The number of amides is 1. The Bertz CT molecular complexity index is 817. The Morgan fingerprint density at radius 1 is 1.23 bits per heavy atom. The quantitative estimate of drug-likeness (QED) is 0.728. The number of aromatic amines is 1. The molecule has 2 heterocycles. The molecule has 4 rings (SSSR count). The standard InChI is InChI=1S/C18H17BrN2O/c1-10-12-4-2-3-5-15(12)20-17(10)9-14-13-8-11(19)6-7-16(13)21-18(14)22/h6-9,20H,2-5H2,1H3,(H,21,22). The van der Waals surface area contributed by atoms with E-state index in [9.17, 15) is 4.79 Å². The number of halogens is 1. The van der Waals surface area contributed by atoms with Crippen LogP contribution in [0.15, 0.2) is 22.7 Å². The molecule has 0 atom stereocenters. The van der Waals surface area contributed by atoms with Crippen molar-refractivity contribution in [3.8, 4) is 0 Å². The number of hydrogen-bond acceptors (Lipinski definition) is 1.